The molecule has 0 heterocycles. The molecule has 11 heavy (non-hydrogen) atoms. The van der Waals surface area contributed by atoms with Crippen LogP contribution in [-0.4, -0.2) is 11.7 Å². The topological polar surface area (TPSA) is 20.2 Å². The minimum atomic E-state index is 0.336. The number of rotatable bonds is 3. The summed E-state index contributed by atoms with van der Waals surface area (Å²) in [4.78, 5) is 0. The predicted molar refractivity (Wildman–Crippen MR) is 47.4 cm³/mol. The van der Waals surface area contributed by atoms with Crippen molar-refractivity contribution in [2.45, 2.75) is 39.0 Å². The van der Waals surface area contributed by atoms with Gasteiger partial charge in [-0.1, -0.05) is 18.6 Å². The van der Waals surface area contributed by atoms with Gasteiger partial charge in [0.05, 0.1) is 0 Å². The summed E-state index contributed by atoms with van der Waals surface area (Å²) in [6, 6.07) is 0. The third kappa shape index (κ3) is 2.33. The fourth-order valence-corrected chi connectivity index (χ4v) is 1.74. The molecule has 1 N–H and O–H groups in total. The van der Waals surface area contributed by atoms with E-state index >= 15 is 0 Å². The molecule has 1 nitrogen and oxygen atoms in total. The Labute approximate surface area is 69.1 Å². The van der Waals surface area contributed by atoms with Crippen molar-refractivity contribution in [3.8, 4) is 0 Å². The fourth-order valence-electron chi connectivity index (χ4n) is 1.74. The van der Waals surface area contributed by atoms with Crippen LogP contribution in [0.5, 0.6) is 0 Å². The molecule has 0 fully saturated rings. The van der Waals surface area contributed by atoms with Crippen LogP contribution in [0.15, 0.2) is 11.6 Å². The second kappa shape index (κ2) is 4.55. The van der Waals surface area contributed by atoms with Gasteiger partial charge in [-0.3, -0.25) is 0 Å². The molecule has 0 aromatic rings. The molecule has 0 unspecified atom stereocenters. The van der Waals surface area contributed by atoms with Gasteiger partial charge in [-0.15, -0.1) is 0 Å². The van der Waals surface area contributed by atoms with Crippen LogP contribution in [0.1, 0.15) is 39.0 Å². The van der Waals surface area contributed by atoms with Crippen molar-refractivity contribution >= 4 is 0 Å². The molecule has 1 atom stereocenters. The Hall–Kier alpha value is -0.300. The molecule has 0 bridgehead atoms. The van der Waals surface area contributed by atoms with Crippen molar-refractivity contribution in [3.05, 3.63) is 11.6 Å². The molecule has 64 valence electrons. The Bertz CT molecular complexity index is 134. The normalized spacial score (nSPS) is 21.1. The molecule has 0 aliphatic heterocycles. The van der Waals surface area contributed by atoms with E-state index in [1.807, 2.05) is 0 Å². The molecule has 0 amide bonds. The lowest BCUT2D eigenvalue weighted by molar-refractivity contribution is 0.239. The molecule has 1 aliphatic carbocycles. The van der Waals surface area contributed by atoms with E-state index < -0.39 is 0 Å². The molecular formula is C10H18O. The fraction of sp³-hybridized carbons (Fsp3) is 0.800. The first-order valence-electron chi connectivity index (χ1n) is 4.68. The smallest absolute Gasteiger partial charge is 0.0496 e. The van der Waals surface area contributed by atoms with E-state index in [1.165, 1.54) is 31.3 Å². The van der Waals surface area contributed by atoms with Crippen LogP contribution < -0.4 is 0 Å². The van der Waals surface area contributed by atoms with Gasteiger partial charge < -0.3 is 5.11 Å². The molecule has 1 heteroatoms. The van der Waals surface area contributed by atoms with Crippen molar-refractivity contribution in [1.82, 2.24) is 0 Å². The minimum absolute atomic E-state index is 0.336. The molecule has 0 radical (unpaired) electrons. The minimum Gasteiger partial charge on any atom is -0.396 e. The number of hydrogen-bond acceptors (Lipinski definition) is 1. The van der Waals surface area contributed by atoms with Crippen LogP contribution in [-0.2, 0) is 0 Å². The maximum Gasteiger partial charge on any atom is 0.0496 e. The third-order valence-corrected chi connectivity index (χ3v) is 2.56. The highest BCUT2D eigenvalue weighted by atomic mass is 16.3. The standard InChI is InChI=1S/C10H18O/c1-2-9(8-11)10-6-4-3-5-7-10/h6,9,11H,2-5,7-8H2,1H3/t9-/m1/s1. The molecule has 0 spiro atoms. The van der Waals surface area contributed by atoms with E-state index in [4.69, 9.17) is 5.11 Å². The summed E-state index contributed by atoms with van der Waals surface area (Å²) in [6.45, 7) is 2.48. The number of hydrogen-bond donors (Lipinski definition) is 1. The highest BCUT2D eigenvalue weighted by Gasteiger charge is 2.12. The number of aliphatic hydroxyl groups is 1. The van der Waals surface area contributed by atoms with Crippen LogP contribution in [0, 0.1) is 5.92 Å². The average molecular weight is 154 g/mol. The summed E-state index contributed by atoms with van der Waals surface area (Å²) in [7, 11) is 0. The van der Waals surface area contributed by atoms with E-state index in [-0.39, 0.29) is 0 Å². The molecule has 1 aliphatic rings. The summed E-state index contributed by atoms with van der Waals surface area (Å²) in [5, 5.41) is 9.04. The van der Waals surface area contributed by atoms with Gasteiger partial charge in [-0.2, -0.15) is 0 Å². The molecule has 0 saturated heterocycles. The van der Waals surface area contributed by atoms with Gasteiger partial charge in [0.1, 0.15) is 0 Å². The first-order chi connectivity index (χ1) is 5.38. The lowest BCUT2D eigenvalue weighted by Crippen LogP contribution is -2.10. The number of aliphatic hydroxyl groups excluding tert-OH is 1. The van der Waals surface area contributed by atoms with Gasteiger partial charge in [0.2, 0.25) is 0 Å². The molecule has 0 saturated carbocycles. The maximum absolute atomic E-state index is 9.04. The van der Waals surface area contributed by atoms with Gasteiger partial charge >= 0.3 is 0 Å². The maximum atomic E-state index is 9.04. The zero-order chi connectivity index (χ0) is 8.10. The summed E-state index contributed by atoms with van der Waals surface area (Å²) in [6.07, 6.45) is 8.52. The molecule has 0 aromatic carbocycles. The lowest BCUT2D eigenvalue weighted by atomic mass is 9.88. The van der Waals surface area contributed by atoms with Crippen LogP contribution in [0.25, 0.3) is 0 Å². The van der Waals surface area contributed by atoms with Crippen molar-refractivity contribution < 1.29 is 5.11 Å². The van der Waals surface area contributed by atoms with E-state index in [2.05, 4.69) is 13.0 Å². The summed E-state index contributed by atoms with van der Waals surface area (Å²) < 4.78 is 0. The van der Waals surface area contributed by atoms with Crippen LogP contribution >= 0.6 is 0 Å². The first-order valence-corrected chi connectivity index (χ1v) is 4.68. The van der Waals surface area contributed by atoms with Gasteiger partial charge in [-0.25, -0.2) is 0 Å². The Kier molecular flexibility index (Phi) is 3.64. The highest BCUT2D eigenvalue weighted by Crippen LogP contribution is 2.25. The van der Waals surface area contributed by atoms with Crippen LogP contribution in [0.4, 0.5) is 0 Å². The van der Waals surface area contributed by atoms with Crippen LogP contribution in [0.2, 0.25) is 0 Å². The van der Waals surface area contributed by atoms with Crippen molar-refractivity contribution in [3.63, 3.8) is 0 Å². The molecular weight excluding hydrogens is 136 g/mol. The third-order valence-electron chi connectivity index (χ3n) is 2.56. The monoisotopic (exact) mass is 154 g/mol. The van der Waals surface area contributed by atoms with Gasteiger partial charge in [0, 0.05) is 12.5 Å². The summed E-state index contributed by atoms with van der Waals surface area (Å²) in [5.41, 5.74) is 1.50. The Morgan fingerprint density at radius 1 is 1.55 bits per heavy atom. The Balaban J connectivity index is 2.48. The quantitative estimate of drug-likeness (QED) is 0.619. The zero-order valence-electron chi connectivity index (χ0n) is 7.34. The van der Waals surface area contributed by atoms with Gasteiger partial charge in [-0.05, 0) is 32.1 Å². The number of allylic oxidation sites excluding steroid dienone is 1. The zero-order valence-corrected chi connectivity index (χ0v) is 7.34. The SMILES string of the molecule is CC[C@H](CO)C1=CCCCC1. The van der Waals surface area contributed by atoms with E-state index in [1.54, 1.807) is 0 Å². The Morgan fingerprint density at radius 3 is 2.82 bits per heavy atom. The predicted octanol–water partition coefficient (Wildman–Crippen LogP) is 2.51. The van der Waals surface area contributed by atoms with E-state index in [9.17, 15) is 0 Å². The van der Waals surface area contributed by atoms with Crippen molar-refractivity contribution in [2.24, 2.45) is 5.92 Å². The first kappa shape index (κ1) is 8.79. The summed E-state index contributed by atoms with van der Waals surface area (Å²) in [5.74, 6) is 0.454. The highest BCUT2D eigenvalue weighted by molar-refractivity contribution is 5.09. The lowest BCUT2D eigenvalue weighted by Gasteiger charge is -2.19. The largest absolute Gasteiger partial charge is 0.396 e. The second-order valence-electron chi connectivity index (χ2n) is 3.31. The Morgan fingerprint density at radius 2 is 2.36 bits per heavy atom. The van der Waals surface area contributed by atoms with E-state index in [0.29, 0.717) is 12.5 Å². The summed E-state index contributed by atoms with van der Waals surface area (Å²) >= 11 is 0. The van der Waals surface area contributed by atoms with Crippen molar-refractivity contribution in [2.75, 3.05) is 6.61 Å². The van der Waals surface area contributed by atoms with Crippen LogP contribution in [0.3, 0.4) is 0 Å². The van der Waals surface area contributed by atoms with Crippen molar-refractivity contribution in [1.29, 1.82) is 0 Å². The average Bonchev–Trinajstić information content (AvgIpc) is 2.09. The second-order valence-corrected chi connectivity index (χ2v) is 3.31. The van der Waals surface area contributed by atoms with Gasteiger partial charge in [0.25, 0.3) is 0 Å². The van der Waals surface area contributed by atoms with Gasteiger partial charge in [0.15, 0.2) is 0 Å². The molecule has 0 aromatic heterocycles. The van der Waals surface area contributed by atoms with E-state index in [0.717, 1.165) is 6.42 Å². The molecule has 1 rings (SSSR count).